The van der Waals surface area contributed by atoms with Crippen LogP contribution in [-0.4, -0.2) is 43.2 Å². The molecule has 4 rings (SSSR count). The molecule has 2 aromatic carbocycles. The van der Waals surface area contributed by atoms with Crippen molar-refractivity contribution in [3.8, 4) is 10.4 Å². The highest BCUT2D eigenvalue weighted by Crippen LogP contribution is 2.46. The summed E-state index contributed by atoms with van der Waals surface area (Å²) in [5, 5.41) is 8.30. The minimum atomic E-state index is -4.86. The van der Waals surface area contributed by atoms with Crippen LogP contribution in [0.1, 0.15) is 82.5 Å². The number of alkyl carbamates (subject to hydrolysis) is 1. The fourth-order valence-corrected chi connectivity index (χ4v) is 8.22. The van der Waals surface area contributed by atoms with Gasteiger partial charge in [-0.3, -0.25) is 0 Å². The summed E-state index contributed by atoms with van der Waals surface area (Å²) < 4.78 is 78.3. The third-order valence-corrected chi connectivity index (χ3v) is 10.2. The molecule has 4 N–H and O–H groups in total. The van der Waals surface area contributed by atoms with Crippen LogP contribution in [0.25, 0.3) is 10.4 Å². The van der Waals surface area contributed by atoms with E-state index in [4.69, 9.17) is 4.74 Å². The number of aromatic nitrogens is 1. The number of anilines is 1. The molecule has 1 saturated carbocycles. The normalized spacial score (nSPS) is 17.3. The standard InChI is InChI=1S/C32H40F3N5O5S2/c1-19(2)45-30(42)38-22-13-11-21(12-14-22)28-39-27(32(33,34)35)26(46-28)24-16-15-23(17-25(24)47(43,44)40-31(3,4)5)37-29(41)36-18-20-9-7-6-8-10-20/h6-10,15-17,19,21-22,40H,11-14,18H2,1-5H3,(H,38,42)(H2,36,37,41). The van der Waals surface area contributed by atoms with Gasteiger partial charge in [-0.2, -0.15) is 13.2 Å². The minimum Gasteiger partial charge on any atom is -0.447 e. The number of nitrogens with zero attached hydrogens (tertiary/aromatic N) is 1. The molecule has 0 spiro atoms. The van der Waals surface area contributed by atoms with Crippen molar-refractivity contribution in [2.24, 2.45) is 0 Å². The summed E-state index contributed by atoms with van der Waals surface area (Å²) in [5.74, 6) is -0.309. The van der Waals surface area contributed by atoms with Crippen LogP contribution in [0.3, 0.4) is 0 Å². The van der Waals surface area contributed by atoms with Gasteiger partial charge in [0.25, 0.3) is 0 Å². The highest BCUT2D eigenvalue weighted by atomic mass is 32.2. The first kappa shape index (κ1) is 36.2. The summed E-state index contributed by atoms with van der Waals surface area (Å²) in [5.41, 5.74) is -1.39. The molecule has 0 aliphatic heterocycles. The number of sulfonamides is 1. The third kappa shape index (κ3) is 10.1. The van der Waals surface area contributed by atoms with Crippen LogP contribution in [0.4, 0.5) is 28.4 Å². The lowest BCUT2D eigenvalue weighted by Crippen LogP contribution is -2.40. The maximum absolute atomic E-state index is 14.5. The van der Waals surface area contributed by atoms with E-state index in [0.29, 0.717) is 25.7 Å². The van der Waals surface area contributed by atoms with E-state index in [-0.39, 0.29) is 45.7 Å². The molecule has 10 nitrogen and oxygen atoms in total. The summed E-state index contributed by atoms with van der Waals surface area (Å²) >= 11 is 0.808. The maximum atomic E-state index is 14.5. The number of hydrogen-bond donors (Lipinski definition) is 4. The molecule has 0 radical (unpaired) electrons. The maximum Gasteiger partial charge on any atom is 0.434 e. The van der Waals surface area contributed by atoms with Gasteiger partial charge in [-0.15, -0.1) is 11.3 Å². The number of hydrogen-bond acceptors (Lipinski definition) is 7. The first-order chi connectivity index (χ1) is 21.9. The van der Waals surface area contributed by atoms with E-state index in [2.05, 4.69) is 25.7 Å². The van der Waals surface area contributed by atoms with Crippen molar-refractivity contribution in [2.75, 3.05) is 5.32 Å². The highest BCUT2D eigenvalue weighted by molar-refractivity contribution is 7.89. The van der Waals surface area contributed by atoms with Gasteiger partial charge < -0.3 is 20.7 Å². The van der Waals surface area contributed by atoms with Gasteiger partial charge in [-0.05, 0) is 78.0 Å². The number of thiazole rings is 1. The summed E-state index contributed by atoms with van der Waals surface area (Å²) in [4.78, 5) is 27.9. The first-order valence-corrected chi connectivity index (χ1v) is 17.5. The SMILES string of the molecule is CC(C)OC(=O)NC1CCC(c2nc(C(F)(F)F)c(-c3ccc(NC(=O)NCc4ccccc4)cc3S(=O)(=O)NC(C)(C)C)s2)CC1. The Hall–Kier alpha value is -3.69. The average molecular weight is 696 g/mol. The number of nitrogens with one attached hydrogen (secondary N) is 4. The molecule has 256 valence electrons. The Morgan fingerprint density at radius 2 is 1.68 bits per heavy atom. The zero-order valence-electron chi connectivity index (χ0n) is 26.8. The first-order valence-electron chi connectivity index (χ1n) is 15.2. The molecule has 0 atom stereocenters. The molecule has 1 fully saturated rings. The Balaban J connectivity index is 1.65. The van der Waals surface area contributed by atoms with Gasteiger partial charge in [-0.25, -0.2) is 27.7 Å². The predicted octanol–water partition coefficient (Wildman–Crippen LogP) is 7.39. The van der Waals surface area contributed by atoms with Crippen molar-refractivity contribution >= 4 is 39.2 Å². The van der Waals surface area contributed by atoms with Crippen LogP contribution in [-0.2, 0) is 27.5 Å². The molecule has 3 amide bonds. The predicted molar refractivity (Wildman–Crippen MR) is 175 cm³/mol. The summed E-state index contributed by atoms with van der Waals surface area (Å²) in [7, 11) is -4.38. The lowest BCUT2D eigenvalue weighted by atomic mass is 9.86. The number of benzene rings is 2. The van der Waals surface area contributed by atoms with Crippen LogP contribution in [0, 0.1) is 0 Å². The number of ether oxygens (including phenoxy) is 1. The van der Waals surface area contributed by atoms with Crippen molar-refractivity contribution in [3.63, 3.8) is 0 Å². The molecule has 0 unspecified atom stereocenters. The van der Waals surface area contributed by atoms with Crippen molar-refractivity contribution in [1.82, 2.24) is 20.3 Å². The quantitative estimate of drug-likeness (QED) is 0.184. The molecule has 1 aromatic heterocycles. The summed E-state index contributed by atoms with van der Waals surface area (Å²) in [6.45, 7) is 8.52. The van der Waals surface area contributed by atoms with Gasteiger partial charge in [0.2, 0.25) is 10.0 Å². The van der Waals surface area contributed by atoms with Crippen LogP contribution in [0.2, 0.25) is 0 Å². The van der Waals surface area contributed by atoms with Crippen molar-refractivity contribution in [1.29, 1.82) is 0 Å². The number of rotatable bonds is 9. The topological polar surface area (TPSA) is 139 Å². The van der Waals surface area contributed by atoms with E-state index in [1.165, 1.54) is 12.1 Å². The molecule has 1 aliphatic carbocycles. The van der Waals surface area contributed by atoms with Gasteiger partial charge in [0.05, 0.1) is 20.9 Å². The largest absolute Gasteiger partial charge is 0.447 e. The molecule has 3 aromatic rings. The van der Waals surface area contributed by atoms with Crippen LogP contribution in [0.15, 0.2) is 53.4 Å². The van der Waals surface area contributed by atoms with Gasteiger partial charge in [0.15, 0.2) is 5.69 Å². The Morgan fingerprint density at radius 1 is 1.02 bits per heavy atom. The second kappa shape index (κ2) is 14.6. The van der Waals surface area contributed by atoms with Crippen molar-refractivity contribution < 1.29 is 35.9 Å². The Kier molecular flexibility index (Phi) is 11.2. The van der Waals surface area contributed by atoms with Crippen LogP contribution < -0.4 is 20.7 Å². The molecule has 1 aliphatic rings. The lowest BCUT2D eigenvalue weighted by Gasteiger charge is -2.28. The Bertz CT molecular complexity index is 1660. The van der Waals surface area contributed by atoms with Gasteiger partial charge in [-0.1, -0.05) is 36.4 Å². The number of alkyl halides is 3. The smallest absolute Gasteiger partial charge is 0.434 e. The number of carbonyl (C=O) groups is 2. The van der Waals surface area contributed by atoms with Gasteiger partial charge >= 0.3 is 18.3 Å². The molecule has 47 heavy (non-hydrogen) atoms. The zero-order chi connectivity index (χ0) is 34.6. The van der Waals surface area contributed by atoms with Gasteiger partial charge in [0.1, 0.15) is 0 Å². The minimum absolute atomic E-state index is 0.0775. The van der Waals surface area contributed by atoms with E-state index in [1.54, 1.807) is 34.6 Å². The Labute approximate surface area is 276 Å². The fraction of sp³-hybridized carbons (Fsp3) is 0.469. The van der Waals surface area contributed by atoms with E-state index in [9.17, 15) is 31.2 Å². The Morgan fingerprint density at radius 3 is 2.28 bits per heavy atom. The zero-order valence-corrected chi connectivity index (χ0v) is 28.5. The number of halogens is 3. The highest BCUT2D eigenvalue weighted by Gasteiger charge is 2.41. The molecular weight excluding hydrogens is 656 g/mol. The second-order valence-corrected chi connectivity index (χ2v) is 15.4. The second-order valence-electron chi connectivity index (χ2n) is 12.7. The third-order valence-electron chi connectivity index (χ3n) is 7.16. The van der Waals surface area contributed by atoms with Gasteiger partial charge in [0, 0.05) is 35.3 Å². The van der Waals surface area contributed by atoms with Crippen molar-refractivity contribution in [2.45, 2.75) is 102 Å². The number of carbonyl (C=O) groups excluding carboxylic acids is 2. The number of amides is 3. The van der Waals surface area contributed by atoms with Crippen LogP contribution in [0.5, 0.6) is 0 Å². The summed E-state index contributed by atoms with van der Waals surface area (Å²) in [6.07, 6.45) is -3.68. The lowest BCUT2D eigenvalue weighted by molar-refractivity contribution is -0.140. The molecule has 0 saturated heterocycles. The van der Waals surface area contributed by atoms with E-state index >= 15 is 0 Å². The number of urea groups is 1. The van der Waals surface area contributed by atoms with E-state index in [0.717, 1.165) is 23.0 Å². The molecule has 15 heteroatoms. The fourth-order valence-electron chi connectivity index (χ4n) is 5.21. The average Bonchev–Trinajstić information content (AvgIpc) is 3.42. The summed E-state index contributed by atoms with van der Waals surface area (Å²) in [6, 6.07) is 12.1. The van der Waals surface area contributed by atoms with Crippen LogP contribution >= 0.6 is 11.3 Å². The van der Waals surface area contributed by atoms with Crippen molar-refractivity contribution in [3.05, 3.63) is 64.8 Å². The van der Waals surface area contributed by atoms with E-state index in [1.807, 2.05) is 30.3 Å². The molecule has 1 heterocycles. The molecular formula is C32H40F3N5O5S2. The van der Waals surface area contributed by atoms with E-state index < -0.39 is 44.5 Å². The monoisotopic (exact) mass is 695 g/mol. The molecule has 0 bridgehead atoms.